The van der Waals surface area contributed by atoms with Crippen LogP contribution in [0.4, 0.5) is 0 Å². The van der Waals surface area contributed by atoms with Gasteiger partial charge in [-0.1, -0.05) is 49.2 Å². The fraction of sp³-hybridized carbons (Fsp3) is 0.444. The maximum absolute atomic E-state index is 7.51. The third kappa shape index (κ3) is 22.7. The molecule has 0 saturated heterocycles. The molecule has 12 heavy (non-hydrogen) atoms. The molecule has 0 saturated carbocycles. The first-order chi connectivity index (χ1) is 5.68. The summed E-state index contributed by atoms with van der Waals surface area (Å²) in [6, 6.07) is 1.69. The SMILES string of the molecule is C=CC#N.CCCCC=C(Cl)Cl. The normalized spacial score (nSPS) is 7.17. The van der Waals surface area contributed by atoms with Crippen molar-refractivity contribution in [1.29, 1.82) is 5.26 Å². The van der Waals surface area contributed by atoms with Gasteiger partial charge in [0.15, 0.2) is 0 Å². The Bertz CT molecular complexity index is 164. The van der Waals surface area contributed by atoms with Crippen LogP contribution in [0.1, 0.15) is 26.2 Å². The minimum atomic E-state index is 0.387. The van der Waals surface area contributed by atoms with E-state index in [9.17, 15) is 0 Å². The van der Waals surface area contributed by atoms with E-state index in [1.165, 1.54) is 18.9 Å². The average Bonchev–Trinajstić information content (AvgIpc) is 2.05. The summed E-state index contributed by atoms with van der Waals surface area (Å²) in [7, 11) is 0. The summed E-state index contributed by atoms with van der Waals surface area (Å²) in [6.45, 7) is 5.25. The van der Waals surface area contributed by atoms with E-state index in [4.69, 9.17) is 28.5 Å². The van der Waals surface area contributed by atoms with E-state index in [1.807, 2.05) is 6.08 Å². The summed E-state index contributed by atoms with van der Waals surface area (Å²) in [4.78, 5) is 0. The van der Waals surface area contributed by atoms with E-state index in [0.717, 1.165) is 6.42 Å². The molecule has 0 spiro atoms. The maximum Gasteiger partial charge on any atom is 0.102 e. The second-order valence-corrected chi connectivity index (χ2v) is 2.98. The highest BCUT2D eigenvalue weighted by Crippen LogP contribution is 2.08. The van der Waals surface area contributed by atoms with Gasteiger partial charge in [0.05, 0.1) is 6.07 Å². The number of rotatable bonds is 3. The van der Waals surface area contributed by atoms with Crippen molar-refractivity contribution >= 4 is 23.2 Å². The number of hydrogen-bond donors (Lipinski definition) is 0. The van der Waals surface area contributed by atoms with Gasteiger partial charge in [0.2, 0.25) is 0 Å². The van der Waals surface area contributed by atoms with Crippen LogP contribution in [-0.4, -0.2) is 0 Å². The molecule has 3 heteroatoms. The zero-order chi connectivity index (χ0) is 9.82. The molecule has 0 aliphatic carbocycles. The van der Waals surface area contributed by atoms with Crippen LogP contribution in [0.5, 0.6) is 0 Å². The van der Waals surface area contributed by atoms with Crippen LogP contribution in [-0.2, 0) is 0 Å². The molecule has 0 aliphatic rings. The van der Waals surface area contributed by atoms with Crippen LogP contribution in [0.2, 0.25) is 0 Å². The van der Waals surface area contributed by atoms with Crippen LogP contribution in [0, 0.1) is 11.3 Å². The number of allylic oxidation sites excluding steroid dienone is 2. The average molecular weight is 206 g/mol. The second-order valence-electron chi connectivity index (χ2n) is 1.97. The molecule has 0 N–H and O–H groups in total. The van der Waals surface area contributed by atoms with Crippen molar-refractivity contribution in [2.45, 2.75) is 26.2 Å². The lowest BCUT2D eigenvalue weighted by atomic mass is 10.2. The number of unbranched alkanes of at least 4 members (excludes halogenated alkanes) is 2. The van der Waals surface area contributed by atoms with E-state index in [-0.39, 0.29) is 0 Å². The van der Waals surface area contributed by atoms with Crippen molar-refractivity contribution in [2.24, 2.45) is 0 Å². The quantitative estimate of drug-likeness (QED) is 0.501. The lowest BCUT2D eigenvalue weighted by Crippen LogP contribution is -1.65. The molecule has 0 radical (unpaired) electrons. The fourth-order valence-electron chi connectivity index (χ4n) is 0.415. The Kier molecular flexibility index (Phi) is 15.5. The van der Waals surface area contributed by atoms with Gasteiger partial charge in [-0.15, -0.1) is 0 Å². The minimum absolute atomic E-state index is 0.387. The molecule has 0 aliphatic heterocycles. The lowest BCUT2D eigenvalue weighted by molar-refractivity contribution is 0.815. The van der Waals surface area contributed by atoms with Crippen LogP contribution in [0.25, 0.3) is 0 Å². The van der Waals surface area contributed by atoms with Crippen LogP contribution in [0.15, 0.2) is 23.2 Å². The summed E-state index contributed by atoms with van der Waals surface area (Å²) in [5, 5.41) is 7.51. The Hall–Kier alpha value is -0.450. The predicted octanol–water partition coefficient (Wildman–Crippen LogP) is 4.19. The first-order valence-electron chi connectivity index (χ1n) is 3.70. The molecular formula is C9H13Cl2N. The number of hydrogen-bond acceptors (Lipinski definition) is 1. The molecular weight excluding hydrogens is 193 g/mol. The Balaban J connectivity index is 0. The van der Waals surface area contributed by atoms with Crippen molar-refractivity contribution in [1.82, 2.24) is 0 Å². The molecule has 0 aromatic heterocycles. The fourth-order valence-corrected chi connectivity index (χ4v) is 0.634. The van der Waals surface area contributed by atoms with Gasteiger partial charge in [0, 0.05) is 6.08 Å². The van der Waals surface area contributed by atoms with Gasteiger partial charge in [-0.05, 0) is 12.8 Å². The summed E-state index contributed by atoms with van der Waals surface area (Å²) in [5.41, 5.74) is 0. The van der Waals surface area contributed by atoms with Crippen molar-refractivity contribution in [3.05, 3.63) is 23.2 Å². The Morgan fingerprint density at radius 1 is 1.58 bits per heavy atom. The maximum atomic E-state index is 7.51. The highest BCUT2D eigenvalue weighted by Gasteiger charge is 1.81. The van der Waals surface area contributed by atoms with Crippen molar-refractivity contribution in [2.75, 3.05) is 0 Å². The molecule has 0 bridgehead atoms. The van der Waals surface area contributed by atoms with Crippen molar-refractivity contribution in [3.8, 4) is 6.07 Å². The topological polar surface area (TPSA) is 23.8 Å². The first-order valence-corrected chi connectivity index (χ1v) is 4.46. The van der Waals surface area contributed by atoms with Gasteiger partial charge in [-0.2, -0.15) is 5.26 Å². The first kappa shape index (κ1) is 14.1. The Morgan fingerprint density at radius 3 is 2.33 bits per heavy atom. The summed E-state index contributed by atoms with van der Waals surface area (Å²) in [5.74, 6) is 0. The van der Waals surface area contributed by atoms with Crippen molar-refractivity contribution in [3.63, 3.8) is 0 Å². The molecule has 0 amide bonds. The molecule has 0 rings (SSSR count). The third-order valence-corrected chi connectivity index (χ3v) is 1.26. The van der Waals surface area contributed by atoms with Crippen molar-refractivity contribution < 1.29 is 0 Å². The highest BCUT2D eigenvalue weighted by atomic mass is 35.5. The summed E-state index contributed by atoms with van der Waals surface area (Å²) in [6.07, 6.45) is 6.37. The minimum Gasteiger partial charge on any atom is -0.193 e. The largest absolute Gasteiger partial charge is 0.193 e. The highest BCUT2D eigenvalue weighted by molar-refractivity contribution is 6.55. The van der Waals surface area contributed by atoms with E-state index in [0.29, 0.717) is 4.49 Å². The van der Waals surface area contributed by atoms with E-state index < -0.39 is 0 Å². The van der Waals surface area contributed by atoms with Crippen LogP contribution < -0.4 is 0 Å². The molecule has 0 heterocycles. The van der Waals surface area contributed by atoms with Gasteiger partial charge < -0.3 is 0 Å². The third-order valence-electron chi connectivity index (χ3n) is 0.948. The van der Waals surface area contributed by atoms with Crippen LogP contribution >= 0.6 is 23.2 Å². The monoisotopic (exact) mass is 205 g/mol. The lowest BCUT2D eigenvalue weighted by Gasteiger charge is -1.86. The number of nitrogens with zero attached hydrogens (tertiary/aromatic N) is 1. The van der Waals surface area contributed by atoms with E-state index in [2.05, 4.69) is 13.5 Å². The number of nitriles is 1. The molecule has 0 atom stereocenters. The number of halogens is 2. The zero-order valence-electron chi connectivity index (χ0n) is 7.19. The molecule has 0 aromatic carbocycles. The Labute approximate surface area is 84.3 Å². The predicted molar refractivity (Wildman–Crippen MR) is 55.1 cm³/mol. The molecule has 1 nitrogen and oxygen atoms in total. The molecule has 0 aromatic rings. The van der Waals surface area contributed by atoms with Gasteiger partial charge in [0.1, 0.15) is 4.49 Å². The smallest absolute Gasteiger partial charge is 0.102 e. The molecule has 0 unspecified atom stereocenters. The molecule has 0 fully saturated rings. The second kappa shape index (κ2) is 13.2. The van der Waals surface area contributed by atoms with E-state index >= 15 is 0 Å². The summed E-state index contributed by atoms with van der Waals surface area (Å²) >= 11 is 10.7. The molecule has 68 valence electrons. The van der Waals surface area contributed by atoms with Crippen LogP contribution in [0.3, 0.4) is 0 Å². The Morgan fingerprint density at radius 2 is 2.08 bits per heavy atom. The van der Waals surface area contributed by atoms with Gasteiger partial charge >= 0.3 is 0 Å². The summed E-state index contributed by atoms with van der Waals surface area (Å²) < 4.78 is 0.387. The van der Waals surface area contributed by atoms with Gasteiger partial charge in [-0.3, -0.25) is 0 Å². The van der Waals surface area contributed by atoms with E-state index in [1.54, 1.807) is 6.07 Å². The van der Waals surface area contributed by atoms with Gasteiger partial charge in [-0.25, -0.2) is 0 Å². The standard InChI is InChI=1S/C6H10Cl2.C3H3N/c1-2-3-4-5-6(7)8;1-2-3-4/h5H,2-4H2,1H3;2H,1H2. The zero-order valence-corrected chi connectivity index (χ0v) is 8.70. The van der Waals surface area contributed by atoms with Gasteiger partial charge in [0.25, 0.3) is 0 Å².